The monoisotopic (exact) mass is 237 g/mol. The second kappa shape index (κ2) is 5.25. The van der Waals surface area contributed by atoms with Gasteiger partial charge in [0.05, 0.1) is 0 Å². The lowest BCUT2D eigenvalue weighted by molar-refractivity contribution is 0.155. The van der Waals surface area contributed by atoms with Crippen LogP contribution in [0, 0.1) is 5.92 Å². The van der Waals surface area contributed by atoms with Gasteiger partial charge in [-0.25, -0.2) is 0 Å². The van der Waals surface area contributed by atoms with Crippen molar-refractivity contribution in [2.45, 2.75) is 44.7 Å². The molecule has 1 aliphatic carbocycles. The van der Waals surface area contributed by atoms with Crippen molar-refractivity contribution in [3.8, 4) is 0 Å². The van der Waals surface area contributed by atoms with Crippen LogP contribution in [0.25, 0.3) is 0 Å². The molecule has 2 unspecified atom stereocenters. The minimum Gasteiger partial charge on any atom is -0.316 e. The lowest BCUT2D eigenvalue weighted by atomic mass is 10.1. The largest absolute Gasteiger partial charge is 0.316 e. The SMILES string of the molecule is CC1CNCCCN(C2CCN(C3CC3)C2)C1. The first-order valence-electron chi connectivity index (χ1n) is 7.52. The smallest absolute Gasteiger partial charge is 0.0235 e. The summed E-state index contributed by atoms with van der Waals surface area (Å²) in [6.45, 7) is 10.1. The van der Waals surface area contributed by atoms with Crippen molar-refractivity contribution in [2.75, 3.05) is 39.3 Å². The standard InChI is InChI=1S/C14H27N3/c1-12-9-15-6-2-7-16(10-12)14-5-8-17(11-14)13-3-4-13/h12-15H,2-11H2,1H3. The third-order valence-corrected chi connectivity index (χ3v) is 4.61. The minimum absolute atomic E-state index is 0.810. The van der Waals surface area contributed by atoms with Crippen molar-refractivity contribution in [3.63, 3.8) is 0 Å². The quantitative estimate of drug-likeness (QED) is 0.777. The van der Waals surface area contributed by atoms with Gasteiger partial charge >= 0.3 is 0 Å². The summed E-state index contributed by atoms with van der Waals surface area (Å²) >= 11 is 0. The topological polar surface area (TPSA) is 18.5 Å². The van der Waals surface area contributed by atoms with Gasteiger partial charge in [-0.1, -0.05) is 6.92 Å². The Morgan fingerprint density at radius 3 is 2.59 bits per heavy atom. The first kappa shape index (κ1) is 11.9. The molecule has 1 saturated carbocycles. The Kier molecular flexibility index (Phi) is 3.69. The van der Waals surface area contributed by atoms with Crippen molar-refractivity contribution < 1.29 is 0 Å². The summed E-state index contributed by atoms with van der Waals surface area (Å²) in [6, 6.07) is 1.82. The predicted molar refractivity (Wildman–Crippen MR) is 71.2 cm³/mol. The summed E-state index contributed by atoms with van der Waals surface area (Å²) in [6.07, 6.45) is 5.67. The molecule has 0 spiro atoms. The van der Waals surface area contributed by atoms with Crippen LogP contribution in [0.5, 0.6) is 0 Å². The Hall–Kier alpha value is -0.120. The number of hydrogen-bond donors (Lipinski definition) is 1. The van der Waals surface area contributed by atoms with Crippen LogP contribution < -0.4 is 5.32 Å². The summed E-state index contributed by atoms with van der Waals surface area (Å²) in [5, 5.41) is 3.55. The number of nitrogens with zero attached hydrogens (tertiary/aromatic N) is 2. The van der Waals surface area contributed by atoms with E-state index >= 15 is 0 Å². The van der Waals surface area contributed by atoms with Crippen molar-refractivity contribution >= 4 is 0 Å². The van der Waals surface area contributed by atoms with Gasteiger partial charge in [0.15, 0.2) is 0 Å². The highest BCUT2D eigenvalue weighted by Gasteiger charge is 2.36. The van der Waals surface area contributed by atoms with Gasteiger partial charge in [-0.05, 0) is 51.2 Å². The van der Waals surface area contributed by atoms with Crippen LogP contribution in [0.15, 0.2) is 0 Å². The van der Waals surface area contributed by atoms with E-state index in [9.17, 15) is 0 Å². The van der Waals surface area contributed by atoms with E-state index in [2.05, 4.69) is 22.0 Å². The number of rotatable bonds is 2. The molecule has 98 valence electrons. The van der Waals surface area contributed by atoms with Gasteiger partial charge in [-0.15, -0.1) is 0 Å². The molecular weight excluding hydrogens is 210 g/mol. The predicted octanol–water partition coefficient (Wildman–Crippen LogP) is 1.15. The molecule has 0 aromatic rings. The van der Waals surface area contributed by atoms with Crippen LogP contribution >= 0.6 is 0 Å². The van der Waals surface area contributed by atoms with E-state index in [0.29, 0.717) is 0 Å². The van der Waals surface area contributed by atoms with Gasteiger partial charge in [-0.3, -0.25) is 9.80 Å². The number of hydrogen-bond acceptors (Lipinski definition) is 3. The number of nitrogens with one attached hydrogen (secondary N) is 1. The summed E-state index contributed by atoms with van der Waals surface area (Å²) in [5.74, 6) is 0.810. The Labute approximate surface area is 106 Å². The summed E-state index contributed by atoms with van der Waals surface area (Å²) < 4.78 is 0. The van der Waals surface area contributed by atoms with E-state index in [4.69, 9.17) is 0 Å². The maximum Gasteiger partial charge on any atom is 0.0235 e. The summed E-state index contributed by atoms with van der Waals surface area (Å²) in [4.78, 5) is 5.53. The highest BCUT2D eigenvalue weighted by atomic mass is 15.3. The molecule has 0 amide bonds. The Morgan fingerprint density at radius 2 is 1.76 bits per heavy atom. The zero-order valence-corrected chi connectivity index (χ0v) is 11.2. The average molecular weight is 237 g/mol. The Morgan fingerprint density at radius 1 is 0.941 bits per heavy atom. The van der Waals surface area contributed by atoms with Gasteiger partial charge in [0.2, 0.25) is 0 Å². The Bertz CT molecular complexity index is 252. The van der Waals surface area contributed by atoms with Crippen molar-refractivity contribution in [3.05, 3.63) is 0 Å². The average Bonchev–Trinajstić information content (AvgIpc) is 3.02. The molecule has 0 bridgehead atoms. The van der Waals surface area contributed by atoms with Crippen molar-refractivity contribution in [2.24, 2.45) is 5.92 Å². The fourth-order valence-corrected chi connectivity index (χ4v) is 3.48. The second-order valence-electron chi connectivity index (χ2n) is 6.33. The number of likely N-dealkylation sites (tertiary alicyclic amines) is 1. The molecule has 2 saturated heterocycles. The summed E-state index contributed by atoms with van der Waals surface area (Å²) in [7, 11) is 0. The molecule has 17 heavy (non-hydrogen) atoms. The van der Waals surface area contributed by atoms with E-state index in [-0.39, 0.29) is 0 Å². The molecule has 2 aliphatic heterocycles. The van der Waals surface area contributed by atoms with Crippen LogP contribution in [-0.4, -0.2) is 61.2 Å². The molecule has 3 rings (SSSR count). The highest BCUT2D eigenvalue weighted by molar-refractivity contribution is 4.93. The van der Waals surface area contributed by atoms with Gasteiger partial charge in [0.1, 0.15) is 0 Å². The van der Waals surface area contributed by atoms with Crippen molar-refractivity contribution in [1.29, 1.82) is 0 Å². The molecule has 3 heteroatoms. The van der Waals surface area contributed by atoms with Crippen LogP contribution in [-0.2, 0) is 0 Å². The molecule has 3 fully saturated rings. The van der Waals surface area contributed by atoms with Crippen LogP contribution in [0.4, 0.5) is 0 Å². The second-order valence-corrected chi connectivity index (χ2v) is 6.33. The zero-order chi connectivity index (χ0) is 11.7. The maximum atomic E-state index is 3.55. The minimum atomic E-state index is 0.810. The Balaban J connectivity index is 1.54. The van der Waals surface area contributed by atoms with Crippen LogP contribution in [0.2, 0.25) is 0 Å². The fourth-order valence-electron chi connectivity index (χ4n) is 3.48. The first-order valence-corrected chi connectivity index (χ1v) is 7.52. The van der Waals surface area contributed by atoms with Gasteiger partial charge in [0.25, 0.3) is 0 Å². The molecule has 0 aromatic heterocycles. The van der Waals surface area contributed by atoms with Crippen LogP contribution in [0.3, 0.4) is 0 Å². The van der Waals surface area contributed by atoms with E-state index in [0.717, 1.165) is 18.0 Å². The normalized spacial score (nSPS) is 37.9. The van der Waals surface area contributed by atoms with E-state index in [1.54, 1.807) is 0 Å². The lowest BCUT2D eigenvalue weighted by Crippen LogP contribution is -2.45. The highest BCUT2D eigenvalue weighted by Crippen LogP contribution is 2.31. The van der Waals surface area contributed by atoms with Gasteiger partial charge < -0.3 is 5.32 Å². The van der Waals surface area contributed by atoms with E-state index < -0.39 is 0 Å². The van der Waals surface area contributed by atoms with E-state index in [1.807, 2.05) is 0 Å². The molecule has 2 atom stereocenters. The third-order valence-electron chi connectivity index (χ3n) is 4.61. The van der Waals surface area contributed by atoms with Crippen molar-refractivity contribution in [1.82, 2.24) is 15.1 Å². The maximum absolute atomic E-state index is 3.55. The van der Waals surface area contributed by atoms with Gasteiger partial charge in [-0.2, -0.15) is 0 Å². The van der Waals surface area contributed by atoms with Crippen LogP contribution in [0.1, 0.15) is 32.6 Å². The lowest BCUT2D eigenvalue weighted by Gasteiger charge is -2.33. The molecule has 3 aliphatic rings. The third kappa shape index (κ3) is 3.01. The molecule has 1 N–H and O–H groups in total. The first-order chi connectivity index (χ1) is 8.33. The van der Waals surface area contributed by atoms with E-state index in [1.165, 1.54) is 65.0 Å². The molecule has 2 heterocycles. The van der Waals surface area contributed by atoms with Gasteiger partial charge in [0, 0.05) is 31.7 Å². The molecule has 0 radical (unpaired) electrons. The summed E-state index contributed by atoms with van der Waals surface area (Å²) in [5.41, 5.74) is 0. The molecule has 0 aromatic carbocycles. The zero-order valence-electron chi connectivity index (χ0n) is 11.2. The fraction of sp³-hybridized carbons (Fsp3) is 1.00. The molecule has 3 nitrogen and oxygen atoms in total. The molecular formula is C14H27N3.